The number of alkyl halides is 1. The average Bonchev–Trinajstić information content (AvgIpc) is 1.68. The molecule has 5 aromatic carbocycles. The van der Waals surface area contributed by atoms with Crippen LogP contribution in [0, 0.1) is 0 Å². The number of anilines is 1. The van der Waals surface area contributed by atoms with Gasteiger partial charge in [0.2, 0.25) is 35.0 Å². The number of aromatic nitrogens is 11. The van der Waals surface area contributed by atoms with Crippen LogP contribution in [0.2, 0.25) is 0 Å². The first-order chi connectivity index (χ1) is 52.6. The largest absolute Gasteiger partial charge is 0.506 e. The number of hydrogen-bond donors (Lipinski definition) is 4. The van der Waals surface area contributed by atoms with Gasteiger partial charge in [0.05, 0.1) is 85.9 Å². The third-order valence-electron chi connectivity index (χ3n) is 14.8. The molecule has 0 radical (unpaired) electrons. The van der Waals surface area contributed by atoms with E-state index in [9.17, 15) is 19.2 Å². The summed E-state index contributed by atoms with van der Waals surface area (Å²) in [6, 6.07) is 51.0. The Morgan fingerprint density at radius 3 is 1.29 bits per heavy atom. The van der Waals surface area contributed by atoms with Crippen LogP contribution in [0.1, 0.15) is 47.8 Å². The average molecular weight is 1490 g/mol. The number of pyridine rings is 7. The minimum atomic E-state index is -0.471. The number of phenols is 1. The van der Waals surface area contributed by atoms with Crippen LogP contribution in [0.25, 0.3) is 90.2 Å². The molecule has 0 saturated heterocycles. The molecule has 0 spiro atoms. The van der Waals surface area contributed by atoms with Crippen LogP contribution < -0.4 is 25.5 Å². The van der Waals surface area contributed by atoms with Crippen molar-refractivity contribution in [2.75, 3.05) is 34.2 Å². The highest BCUT2D eigenvalue weighted by molar-refractivity contribution is 6.67. The number of nitrogens with two attached hydrogens (primary N) is 1. The number of halogens is 2. The number of aliphatic hydroxyl groups is 1. The number of benzene rings is 5. The van der Waals surface area contributed by atoms with Crippen LogP contribution in [0.5, 0.6) is 23.1 Å². The van der Waals surface area contributed by atoms with Crippen molar-refractivity contribution >= 4 is 90.5 Å². The third kappa shape index (κ3) is 21.5. The molecule has 0 fully saturated rings. The molecule has 16 aromatic rings. The molecular formula is C79H64Cl2N12O15. The SMILES string of the molecule is COC(=O)c1ccc(O)c(N)c1.COC(=O)c1ccc2oc(-c3cccnc3)nc2c1.COc1ccc(=O)[nH]c1.COc1ccc(OCc2ccc3oc(-c4cccnc4)nc3c2)nc1.ClCc1ccc2oc(-c3cccnc3)nc2c1.O=C(Cl)c1cccnc1.OCc1ccc2oc(-c3cccnc3)nc2c1. The summed E-state index contributed by atoms with van der Waals surface area (Å²) in [6.07, 6.45) is 19.8. The maximum Gasteiger partial charge on any atom is 0.337 e. The molecule has 544 valence electrons. The lowest BCUT2D eigenvalue weighted by Gasteiger charge is -2.05. The number of aromatic hydroxyl groups is 1. The van der Waals surface area contributed by atoms with Gasteiger partial charge in [0.15, 0.2) is 22.3 Å². The van der Waals surface area contributed by atoms with Gasteiger partial charge in [0.25, 0.3) is 5.24 Å². The Bertz CT molecular complexity index is 5510. The number of fused-ring (bicyclic) bond motifs is 4. The molecule has 5 N–H and O–H groups in total. The Balaban J connectivity index is 0.000000138. The summed E-state index contributed by atoms with van der Waals surface area (Å²) in [7, 11) is 5.78. The predicted molar refractivity (Wildman–Crippen MR) is 403 cm³/mol. The van der Waals surface area contributed by atoms with Crippen molar-refractivity contribution in [3.8, 4) is 68.9 Å². The number of nitrogens with one attached hydrogen (secondary N) is 1. The van der Waals surface area contributed by atoms with E-state index in [0.29, 0.717) is 86.8 Å². The van der Waals surface area contributed by atoms with E-state index >= 15 is 0 Å². The van der Waals surface area contributed by atoms with Crippen LogP contribution in [0.15, 0.2) is 273 Å². The van der Waals surface area contributed by atoms with E-state index in [1.54, 1.807) is 119 Å². The van der Waals surface area contributed by atoms with Gasteiger partial charge < -0.3 is 62.3 Å². The second kappa shape index (κ2) is 38.5. The molecule has 11 heterocycles. The number of ether oxygens (including phenoxy) is 5. The molecule has 29 heteroatoms. The number of carbonyl (C=O) groups is 3. The van der Waals surface area contributed by atoms with Gasteiger partial charge in [0.1, 0.15) is 45.9 Å². The van der Waals surface area contributed by atoms with Crippen molar-refractivity contribution in [1.82, 2.24) is 54.8 Å². The first kappa shape index (κ1) is 76.6. The minimum Gasteiger partial charge on any atom is -0.506 e. The number of H-pyrrole nitrogens is 1. The normalized spacial score (nSPS) is 10.3. The van der Waals surface area contributed by atoms with Crippen molar-refractivity contribution in [1.29, 1.82) is 0 Å². The summed E-state index contributed by atoms with van der Waals surface area (Å²) < 4.78 is 47.4. The smallest absolute Gasteiger partial charge is 0.337 e. The standard InChI is InChI=1S/C19H15N3O3.C14H10N2O3.C13H9ClN2O.C13H10N2O2.C8H9NO3.C6H4ClNO.C6H7NO2/c1-23-15-5-7-18(21-11-15)24-12-13-4-6-17-16(9-13)22-19(25-17)14-3-2-8-20-10-14;1-18-14(17)9-4-5-12-11(7-9)16-13(19-12)10-3-2-6-15-8-10;14-7-9-3-4-12-11(6-9)16-13(17-12)10-2-1-5-15-8-10;16-8-9-3-4-12-11(6-9)15-13(17-12)10-2-1-5-14-7-10;1-12-8(11)5-2-3-7(10)6(9)4-5;7-6(9)5-2-1-3-8-4-5;1-9-5-2-3-6(8)7-4-5/h2-11H,12H2,1H3;2-8H,1H3;1-6,8H,7H2;1-7,16H,8H2;2-4,10H,9H2,1H3;1-4H;2-4H,1H3,(H,7,8). The van der Waals surface area contributed by atoms with E-state index in [-0.39, 0.29) is 23.6 Å². The summed E-state index contributed by atoms with van der Waals surface area (Å²) >= 11 is 10.9. The number of aromatic amines is 1. The molecule has 0 atom stereocenters. The van der Waals surface area contributed by atoms with Crippen LogP contribution in [-0.2, 0) is 28.6 Å². The fourth-order valence-electron chi connectivity index (χ4n) is 9.35. The van der Waals surface area contributed by atoms with Crippen molar-refractivity contribution in [2.24, 2.45) is 0 Å². The van der Waals surface area contributed by atoms with Gasteiger partial charge in [-0.25, -0.2) is 34.5 Å². The Labute approximate surface area is 624 Å². The second-order valence-corrected chi connectivity index (χ2v) is 22.7. The van der Waals surface area contributed by atoms with E-state index in [1.165, 1.54) is 50.9 Å². The summed E-state index contributed by atoms with van der Waals surface area (Å²) in [4.78, 5) is 87.4. The highest BCUT2D eigenvalue weighted by Crippen LogP contribution is 2.30. The molecule has 0 saturated carbocycles. The fraction of sp³-hybridized carbons (Fsp3) is 0.0886. The molecule has 27 nitrogen and oxygen atoms in total. The van der Waals surface area contributed by atoms with Gasteiger partial charge in [-0.2, -0.15) is 0 Å². The van der Waals surface area contributed by atoms with E-state index in [4.69, 9.17) is 71.0 Å². The van der Waals surface area contributed by atoms with Gasteiger partial charge in [-0.3, -0.25) is 34.5 Å². The predicted octanol–water partition coefficient (Wildman–Crippen LogP) is 15.2. The van der Waals surface area contributed by atoms with Crippen molar-refractivity contribution in [3.05, 3.63) is 294 Å². The van der Waals surface area contributed by atoms with Gasteiger partial charge >= 0.3 is 11.9 Å². The fourth-order valence-corrected chi connectivity index (χ4v) is 9.62. The molecule has 108 heavy (non-hydrogen) atoms. The lowest BCUT2D eigenvalue weighted by molar-refractivity contribution is 0.0592. The molecule has 0 bridgehead atoms. The highest BCUT2D eigenvalue weighted by Gasteiger charge is 2.15. The number of aliphatic hydroxyl groups excluding tert-OH is 1. The second-order valence-electron chi connectivity index (χ2n) is 22.1. The molecule has 16 rings (SSSR count). The lowest BCUT2D eigenvalue weighted by atomic mass is 10.2. The first-order valence-corrected chi connectivity index (χ1v) is 33.1. The topological polar surface area (TPSA) is 378 Å². The van der Waals surface area contributed by atoms with Gasteiger partial charge in [0, 0.05) is 86.2 Å². The first-order valence-electron chi connectivity index (χ1n) is 32.2. The number of rotatable bonds is 14. The van der Waals surface area contributed by atoms with Crippen LogP contribution in [-0.4, -0.2) is 111 Å². The monoisotopic (exact) mass is 1490 g/mol. The van der Waals surface area contributed by atoms with Crippen molar-refractivity contribution in [2.45, 2.75) is 19.1 Å². The number of hydrogen-bond acceptors (Lipinski definition) is 26. The maximum absolute atomic E-state index is 11.4. The number of phenolic OH excluding ortho intramolecular Hbond substituents is 1. The number of nitrogens with zero attached hydrogens (tertiary/aromatic N) is 10. The highest BCUT2D eigenvalue weighted by atomic mass is 35.5. The molecule has 0 aliphatic rings. The quantitative estimate of drug-likeness (QED) is 0.0258. The van der Waals surface area contributed by atoms with Gasteiger partial charge in [-0.1, -0.05) is 18.2 Å². The number of methoxy groups -OCH3 is 4. The molecule has 11 aromatic heterocycles. The number of oxazole rings is 4. The Kier molecular flexibility index (Phi) is 27.3. The number of carbonyl (C=O) groups excluding carboxylic acids is 3. The van der Waals surface area contributed by atoms with E-state index in [0.717, 1.165) is 66.7 Å². The Morgan fingerprint density at radius 1 is 0.472 bits per heavy atom. The Hall–Kier alpha value is -14.0. The van der Waals surface area contributed by atoms with E-state index < -0.39 is 17.2 Å². The van der Waals surface area contributed by atoms with E-state index in [2.05, 4.69) is 64.3 Å². The molecule has 0 aliphatic carbocycles. The zero-order chi connectivity index (χ0) is 76.2. The number of esters is 2. The molecule has 0 amide bonds. The van der Waals surface area contributed by atoms with Gasteiger partial charge in [-0.15, -0.1) is 11.6 Å². The maximum atomic E-state index is 11.4. The van der Waals surface area contributed by atoms with Crippen LogP contribution in [0.4, 0.5) is 5.69 Å². The zero-order valence-electron chi connectivity index (χ0n) is 57.8. The summed E-state index contributed by atoms with van der Waals surface area (Å²) in [5, 5.41) is 17.6. The summed E-state index contributed by atoms with van der Waals surface area (Å²) in [5.41, 5.74) is 18.6. The van der Waals surface area contributed by atoms with E-state index in [1.807, 2.05) is 109 Å². The Morgan fingerprint density at radius 2 is 0.898 bits per heavy atom. The van der Waals surface area contributed by atoms with Crippen LogP contribution >= 0.6 is 23.2 Å². The van der Waals surface area contributed by atoms with Crippen molar-refractivity contribution in [3.63, 3.8) is 0 Å². The molecule has 0 aliphatic heterocycles. The third-order valence-corrected chi connectivity index (χ3v) is 15.3. The van der Waals surface area contributed by atoms with Gasteiger partial charge in [-0.05, 0) is 174 Å². The summed E-state index contributed by atoms with van der Waals surface area (Å²) in [5.74, 6) is 3.62. The minimum absolute atomic E-state index is 0.00499. The number of nitrogen functional groups attached to an aromatic ring is 1. The van der Waals surface area contributed by atoms with Crippen LogP contribution in [0.3, 0.4) is 0 Å². The molecular weight excluding hydrogens is 1430 g/mol. The lowest BCUT2D eigenvalue weighted by Crippen LogP contribution is -2.01. The van der Waals surface area contributed by atoms with Crippen molar-refractivity contribution < 1.29 is 65.9 Å². The zero-order valence-corrected chi connectivity index (χ0v) is 59.3. The molecule has 0 unspecified atom stereocenters. The summed E-state index contributed by atoms with van der Waals surface area (Å²) in [6.45, 7) is 0.398.